The van der Waals surface area contributed by atoms with Gasteiger partial charge in [-0.3, -0.25) is 4.79 Å². The Labute approximate surface area is 140 Å². The van der Waals surface area contributed by atoms with E-state index in [0.29, 0.717) is 18.0 Å². The molecule has 0 aliphatic rings. The zero-order valence-corrected chi connectivity index (χ0v) is 13.3. The number of ether oxygens (including phenoxy) is 1. The van der Waals surface area contributed by atoms with Crippen LogP contribution in [0.5, 0.6) is 5.88 Å². The van der Waals surface area contributed by atoms with Crippen LogP contribution in [0.3, 0.4) is 0 Å². The van der Waals surface area contributed by atoms with E-state index in [1.54, 1.807) is 25.4 Å². The van der Waals surface area contributed by atoms with E-state index in [1.165, 1.54) is 6.20 Å². The minimum absolute atomic E-state index is 0.140. The summed E-state index contributed by atoms with van der Waals surface area (Å²) in [6.07, 6.45) is 5.91. The van der Waals surface area contributed by atoms with Crippen molar-refractivity contribution in [3.8, 4) is 11.6 Å². The highest BCUT2D eigenvalue weighted by molar-refractivity contribution is 5.93. The van der Waals surface area contributed by atoms with Gasteiger partial charge in [0.2, 0.25) is 5.88 Å². The van der Waals surface area contributed by atoms with Crippen LogP contribution in [0.2, 0.25) is 0 Å². The summed E-state index contributed by atoms with van der Waals surface area (Å²) in [5.41, 5.74) is 2.68. The summed E-state index contributed by atoms with van der Waals surface area (Å²) in [6.45, 7) is 0.561. The Morgan fingerprint density at radius 1 is 1.21 bits per heavy atom. The molecule has 6 heteroatoms. The first-order chi connectivity index (χ1) is 11.8. The smallest absolute Gasteiger partial charge is 0.252 e. The van der Waals surface area contributed by atoms with Crippen molar-refractivity contribution in [1.82, 2.24) is 20.1 Å². The van der Waals surface area contributed by atoms with Crippen LogP contribution in [0.1, 0.15) is 15.9 Å². The first kappa shape index (κ1) is 15.7. The Morgan fingerprint density at radius 2 is 2.04 bits per heavy atom. The normalized spacial score (nSPS) is 10.4. The number of carbonyl (C=O) groups excluding carboxylic acids is 1. The molecule has 122 valence electrons. The quantitative estimate of drug-likeness (QED) is 0.756. The first-order valence-corrected chi connectivity index (χ1v) is 7.63. The van der Waals surface area contributed by atoms with Crippen LogP contribution in [-0.4, -0.2) is 34.3 Å². The highest BCUT2D eigenvalue weighted by Gasteiger charge is 2.06. The fraction of sp³-hybridized carbons (Fsp3) is 0.167. The van der Waals surface area contributed by atoms with Gasteiger partial charge >= 0.3 is 0 Å². The van der Waals surface area contributed by atoms with Crippen LogP contribution in [-0.2, 0) is 6.42 Å². The second kappa shape index (κ2) is 7.41. The van der Waals surface area contributed by atoms with Crippen molar-refractivity contribution >= 4 is 5.91 Å². The zero-order valence-electron chi connectivity index (χ0n) is 13.3. The lowest BCUT2D eigenvalue weighted by atomic mass is 10.1. The summed E-state index contributed by atoms with van der Waals surface area (Å²) in [7, 11) is 1.54. The van der Waals surface area contributed by atoms with E-state index in [-0.39, 0.29) is 5.91 Å². The molecule has 1 N–H and O–H groups in total. The third-order valence-corrected chi connectivity index (χ3v) is 3.61. The molecule has 0 spiro atoms. The van der Waals surface area contributed by atoms with E-state index >= 15 is 0 Å². The highest BCUT2D eigenvalue weighted by Crippen LogP contribution is 2.09. The number of amides is 1. The molecule has 0 saturated heterocycles. The second-order valence-corrected chi connectivity index (χ2v) is 5.21. The van der Waals surface area contributed by atoms with E-state index in [1.807, 2.05) is 41.2 Å². The molecule has 24 heavy (non-hydrogen) atoms. The maximum Gasteiger partial charge on any atom is 0.252 e. The number of hydrogen-bond acceptors (Lipinski definition) is 4. The molecular weight excluding hydrogens is 304 g/mol. The number of aromatic nitrogens is 3. The lowest BCUT2D eigenvalue weighted by Gasteiger charge is -2.07. The lowest BCUT2D eigenvalue weighted by Crippen LogP contribution is -2.25. The molecule has 2 aromatic heterocycles. The first-order valence-electron chi connectivity index (χ1n) is 7.63. The number of carbonyl (C=O) groups is 1. The molecule has 0 bridgehead atoms. The van der Waals surface area contributed by atoms with E-state index in [2.05, 4.69) is 15.4 Å². The molecule has 0 aliphatic carbocycles. The molecule has 0 saturated carbocycles. The van der Waals surface area contributed by atoms with Crippen LogP contribution >= 0.6 is 0 Å². The number of pyridine rings is 1. The standard InChI is InChI=1S/C18H18N4O2/c1-24-17-8-5-15(13-20-17)18(23)19-11-9-14-3-6-16(7-4-14)22-12-2-10-21-22/h2-8,10,12-13H,9,11H2,1H3,(H,19,23). The van der Waals surface area contributed by atoms with Gasteiger partial charge in [0.1, 0.15) is 0 Å². The molecule has 6 nitrogen and oxygen atoms in total. The number of nitrogens with one attached hydrogen (secondary N) is 1. The van der Waals surface area contributed by atoms with Gasteiger partial charge in [0.05, 0.1) is 18.4 Å². The number of rotatable bonds is 6. The lowest BCUT2D eigenvalue weighted by molar-refractivity contribution is 0.0953. The Hall–Kier alpha value is -3.15. The molecule has 1 amide bonds. The van der Waals surface area contributed by atoms with Gasteiger partial charge in [0, 0.05) is 31.2 Å². The van der Waals surface area contributed by atoms with E-state index in [4.69, 9.17) is 4.74 Å². The topological polar surface area (TPSA) is 69.0 Å². The molecule has 0 aliphatic heterocycles. The Balaban J connectivity index is 1.51. The minimum Gasteiger partial charge on any atom is -0.481 e. The van der Waals surface area contributed by atoms with E-state index < -0.39 is 0 Å². The van der Waals surface area contributed by atoms with Crippen molar-refractivity contribution in [2.45, 2.75) is 6.42 Å². The molecule has 0 unspecified atom stereocenters. The van der Waals surface area contributed by atoms with Gasteiger partial charge in [-0.2, -0.15) is 5.10 Å². The minimum atomic E-state index is -0.140. The number of hydrogen-bond donors (Lipinski definition) is 1. The van der Waals surface area contributed by atoms with E-state index in [9.17, 15) is 4.79 Å². The van der Waals surface area contributed by atoms with Gasteiger partial charge in [-0.1, -0.05) is 12.1 Å². The highest BCUT2D eigenvalue weighted by atomic mass is 16.5. The summed E-state index contributed by atoms with van der Waals surface area (Å²) < 4.78 is 6.78. The van der Waals surface area contributed by atoms with E-state index in [0.717, 1.165) is 17.7 Å². The van der Waals surface area contributed by atoms with Gasteiger partial charge < -0.3 is 10.1 Å². The zero-order chi connectivity index (χ0) is 16.8. The maximum absolute atomic E-state index is 12.0. The molecule has 3 rings (SSSR count). The van der Waals surface area contributed by atoms with Crippen molar-refractivity contribution in [1.29, 1.82) is 0 Å². The molecule has 0 radical (unpaired) electrons. The van der Waals surface area contributed by atoms with Gasteiger partial charge in [-0.25, -0.2) is 9.67 Å². The molecule has 0 fully saturated rings. The molecular formula is C18H18N4O2. The fourth-order valence-electron chi connectivity index (χ4n) is 2.29. The molecule has 3 aromatic rings. The third kappa shape index (κ3) is 3.78. The van der Waals surface area contributed by atoms with Crippen molar-refractivity contribution in [2.75, 3.05) is 13.7 Å². The van der Waals surface area contributed by atoms with Crippen molar-refractivity contribution in [3.63, 3.8) is 0 Å². The van der Waals surface area contributed by atoms with Crippen molar-refractivity contribution in [3.05, 3.63) is 72.2 Å². The SMILES string of the molecule is COc1ccc(C(=O)NCCc2ccc(-n3cccn3)cc2)cn1. The summed E-state index contributed by atoms with van der Waals surface area (Å²) in [6, 6.07) is 13.4. The number of methoxy groups -OCH3 is 1. The maximum atomic E-state index is 12.0. The van der Waals surface area contributed by atoms with Crippen LogP contribution in [0.4, 0.5) is 0 Å². The fourth-order valence-corrected chi connectivity index (χ4v) is 2.29. The average molecular weight is 322 g/mol. The summed E-state index contributed by atoms with van der Waals surface area (Å²) in [5, 5.41) is 7.08. The average Bonchev–Trinajstić information content (AvgIpc) is 3.17. The van der Waals surface area contributed by atoms with Crippen LogP contribution in [0.15, 0.2) is 61.1 Å². The summed E-state index contributed by atoms with van der Waals surface area (Å²) >= 11 is 0. The molecule has 1 aromatic carbocycles. The Morgan fingerprint density at radius 3 is 2.67 bits per heavy atom. The number of nitrogens with zero attached hydrogens (tertiary/aromatic N) is 3. The van der Waals surface area contributed by atoms with Crippen molar-refractivity contribution < 1.29 is 9.53 Å². The van der Waals surface area contributed by atoms with Gasteiger partial charge in [0.25, 0.3) is 5.91 Å². The molecule has 2 heterocycles. The Bertz CT molecular complexity index is 781. The predicted molar refractivity (Wildman–Crippen MR) is 90.4 cm³/mol. The third-order valence-electron chi connectivity index (χ3n) is 3.61. The summed E-state index contributed by atoms with van der Waals surface area (Å²) in [4.78, 5) is 16.1. The Kier molecular flexibility index (Phi) is 4.86. The predicted octanol–water partition coefficient (Wildman–Crippen LogP) is 2.25. The van der Waals surface area contributed by atoms with Crippen molar-refractivity contribution in [2.24, 2.45) is 0 Å². The number of benzene rings is 1. The second-order valence-electron chi connectivity index (χ2n) is 5.21. The molecule has 0 atom stereocenters. The van der Waals surface area contributed by atoms with Gasteiger partial charge in [-0.05, 0) is 36.2 Å². The largest absolute Gasteiger partial charge is 0.481 e. The van der Waals surface area contributed by atoms with Gasteiger partial charge in [-0.15, -0.1) is 0 Å². The summed E-state index contributed by atoms with van der Waals surface area (Å²) in [5.74, 6) is 0.349. The van der Waals surface area contributed by atoms with Crippen LogP contribution in [0, 0.1) is 0 Å². The van der Waals surface area contributed by atoms with Gasteiger partial charge in [0.15, 0.2) is 0 Å². The monoisotopic (exact) mass is 322 g/mol. The van der Waals surface area contributed by atoms with Crippen LogP contribution in [0.25, 0.3) is 5.69 Å². The van der Waals surface area contributed by atoms with Crippen LogP contribution < -0.4 is 10.1 Å².